The molecule has 1 saturated carbocycles. The number of hydrogen-bond acceptors (Lipinski definition) is 7. The first-order chi connectivity index (χ1) is 16.3. The number of hydrogen-bond donors (Lipinski definition) is 4. The average molecular weight is 467 g/mol. The van der Waals surface area contributed by atoms with Gasteiger partial charge in [0.15, 0.2) is 11.6 Å². The summed E-state index contributed by atoms with van der Waals surface area (Å²) in [6, 6.07) is 10.2. The molecular weight excluding hydrogens is 435 g/mol. The van der Waals surface area contributed by atoms with Crippen molar-refractivity contribution in [2.45, 2.75) is 51.6 Å². The van der Waals surface area contributed by atoms with Crippen molar-refractivity contribution in [2.24, 2.45) is 17.4 Å². The molecule has 0 saturated heterocycles. The smallest absolute Gasteiger partial charge is 0.252 e. The predicted octanol–water partition coefficient (Wildman–Crippen LogP) is 4.33. The third kappa shape index (κ3) is 5.53. The molecule has 34 heavy (non-hydrogen) atoms. The van der Waals surface area contributed by atoms with E-state index < -0.39 is 11.7 Å². The van der Waals surface area contributed by atoms with Crippen LogP contribution in [0.25, 0.3) is 10.9 Å². The van der Waals surface area contributed by atoms with E-state index in [1.807, 2.05) is 30.3 Å². The van der Waals surface area contributed by atoms with Crippen LogP contribution in [0.15, 0.2) is 36.4 Å². The van der Waals surface area contributed by atoms with Crippen LogP contribution in [-0.4, -0.2) is 34.6 Å². The maximum Gasteiger partial charge on any atom is 0.252 e. The summed E-state index contributed by atoms with van der Waals surface area (Å²) in [5.41, 5.74) is 13.1. The van der Waals surface area contributed by atoms with Gasteiger partial charge in [-0.05, 0) is 49.1 Å². The van der Waals surface area contributed by atoms with Gasteiger partial charge in [-0.25, -0.2) is 14.4 Å². The average Bonchev–Trinajstić information content (AvgIpc) is 2.80. The van der Waals surface area contributed by atoms with Gasteiger partial charge in [-0.1, -0.05) is 26.7 Å². The Morgan fingerprint density at radius 3 is 2.68 bits per heavy atom. The van der Waals surface area contributed by atoms with Crippen LogP contribution in [0, 0.1) is 11.7 Å². The number of anilines is 3. The molecule has 180 valence electrons. The summed E-state index contributed by atoms with van der Waals surface area (Å²) in [7, 11) is 0. The Hall–Kier alpha value is -3.46. The first-order valence-electron chi connectivity index (χ1n) is 11.6. The number of primary amides is 1. The third-order valence-electron chi connectivity index (χ3n) is 5.87. The number of nitrogens with two attached hydrogens (primary N) is 2. The second kappa shape index (κ2) is 10.2. The lowest BCUT2D eigenvalue weighted by molar-refractivity contribution is 0.100. The maximum atomic E-state index is 14.7. The molecule has 0 bridgehead atoms. The molecular formula is C25H31FN6O2. The summed E-state index contributed by atoms with van der Waals surface area (Å²) in [6.07, 6.45) is 3.79. The monoisotopic (exact) mass is 466 g/mol. The van der Waals surface area contributed by atoms with E-state index in [1.165, 1.54) is 0 Å². The van der Waals surface area contributed by atoms with Gasteiger partial charge in [0.2, 0.25) is 5.88 Å². The van der Waals surface area contributed by atoms with Crippen LogP contribution in [0.2, 0.25) is 0 Å². The highest BCUT2D eigenvalue weighted by Crippen LogP contribution is 2.28. The van der Waals surface area contributed by atoms with Crippen LogP contribution in [0.1, 0.15) is 49.9 Å². The first kappa shape index (κ1) is 23.7. The van der Waals surface area contributed by atoms with Crippen molar-refractivity contribution in [3.05, 3.63) is 47.8 Å². The van der Waals surface area contributed by atoms with E-state index in [0.717, 1.165) is 42.7 Å². The van der Waals surface area contributed by atoms with E-state index in [4.69, 9.17) is 16.2 Å². The van der Waals surface area contributed by atoms with Gasteiger partial charge in [0.1, 0.15) is 5.82 Å². The molecule has 0 radical (unpaired) electrons. The Bertz CT molecular complexity index is 1190. The van der Waals surface area contributed by atoms with E-state index in [-0.39, 0.29) is 29.3 Å². The van der Waals surface area contributed by atoms with Gasteiger partial charge in [-0.15, -0.1) is 0 Å². The molecule has 2 atom stereocenters. The number of aromatic nitrogens is 2. The minimum absolute atomic E-state index is 0.0355. The molecule has 0 spiro atoms. The minimum atomic E-state index is -0.774. The fourth-order valence-electron chi connectivity index (χ4n) is 4.04. The van der Waals surface area contributed by atoms with Crippen LogP contribution in [0.5, 0.6) is 5.88 Å². The van der Waals surface area contributed by atoms with Crippen LogP contribution in [-0.2, 0) is 0 Å². The van der Waals surface area contributed by atoms with Crippen LogP contribution >= 0.6 is 0 Å². The lowest BCUT2D eigenvalue weighted by Gasteiger charge is -2.30. The SMILES string of the molecule is CC(C)COc1ccc2cc(Nc3nc(N[C@@H]4CCCC[C@@H]4N)c(F)cc3C(N)=O)ccc2n1. The summed E-state index contributed by atoms with van der Waals surface area (Å²) in [6.45, 7) is 4.74. The topological polar surface area (TPSA) is 128 Å². The molecule has 2 aromatic heterocycles. The zero-order chi connectivity index (χ0) is 24.2. The Morgan fingerprint density at radius 1 is 1.15 bits per heavy atom. The number of carbonyl (C=O) groups is 1. The highest BCUT2D eigenvalue weighted by molar-refractivity contribution is 5.99. The van der Waals surface area contributed by atoms with Crippen molar-refractivity contribution in [2.75, 3.05) is 17.2 Å². The van der Waals surface area contributed by atoms with E-state index in [0.29, 0.717) is 24.1 Å². The van der Waals surface area contributed by atoms with Gasteiger partial charge in [-0.3, -0.25) is 4.79 Å². The number of halogens is 1. The fraction of sp³-hybridized carbons (Fsp3) is 0.400. The molecule has 1 aliphatic carbocycles. The summed E-state index contributed by atoms with van der Waals surface area (Å²) in [5, 5.41) is 7.10. The molecule has 0 aliphatic heterocycles. The number of nitrogens with one attached hydrogen (secondary N) is 2. The van der Waals surface area contributed by atoms with Gasteiger partial charge >= 0.3 is 0 Å². The largest absolute Gasteiger partial charge is 0.477 e. The fourth-order valence-corrected chi connectivity index (χ4v) is 4.04. The Balaban J connectivity index is 1.59. The zero-order valence-electron chi connectivity index (χ0n) is 19.5. The third-order valence-corrected chi connectivity index (χ3v) is 5.87. The maximum absolute atomic E-state index is 14.7. The first-order valence-corrected chi connectivity index (χ1v) is 11.6. The van der Waals surface area contributed by atoms with Gasteiger partial charge in [0.25, 0.3) is 5.91 Å². The van der Waals surface area contributed by atoms with Crippen molar-refractivity contribution in [1.29, 1.82) is 0 Å². The number of rotatable bonds is 8. The van der Waals surface area contributed by atoms with Crippen LogP contribution in [0.4, 0.5) is 21.7 Å². The number of ether oxygens (including phenoxy) is 1. The number of fused-ring (bicyclic) bond motifs is 1. The molecule has 1 amide bonds. The van der Waals surface area contributed by atoms with Gasteiger partial charge in [0, 0.05) is 29.2 Å². The number of carbonyl (C=O) groups excluding carboxylic acids is 1. The van der Waals surface area contributed by atoms with Crippen molar-refractivity contribution < 1.29 is 13.9 Å². The van der Waals surface area contributed by atoms with Crippen LogP contribution in [0.3, 0.4) is 0 Å². The second-order valence-electron chi connectivity index (χ2n) is 9.17. The molecule has 1 fully saturated rings. The molecule has 8 nitrogen and oxygen atoms in total. The summed E-state index contributed by atoms with van der Waals surface area (Å²) < 4.78 is 20.4. The highest BCUT2D eigenvalue weighted by Gasteiger charge is 2.24. The molecule has 0 unspecified atom stereocenters. The van der Waals surface area contributed by atoms with Gasteiger partial charge in [0.05, 0.1) is 17.7 Å². The molecule has 4 rings (SSSR count). The number of benzene rings is 1. The van der Waals surface area contributed by atoms with E-state index in [1.54, 1.807) is 0 Å². The van der Waals surface area contributed by atoms with Crippen molar-refractivity contribution in [3.8, 4) is 5.88 Å². The van der Waals surface area contributed by atoms with Crippen LogP contribution < -0.4 is 26.8 Å². The van der Waals surface area contributed by atoms with Crippen molar-refractivity contribution in [1.82, 2.24) is 9.97 Å². The van der Waals surface area contributed by atoms with Gasteiger partial charge < -0.3 is 26.8 Å². The second-order valence-corrected chi connectivity index (χ2v) is 9.17. The van der Waals surface area contributed by atoms with E-state index in [2.05, 4.69) is 34.4 Å². The summed E-state index contributed by atoms with van der Waals surface area (Å²) in [4.78, 5) is 20.9. The predicted molar refractivity (Wildman–Crippen MR) is 132 cm³/mol. The highest BCUT2D eigenvalue weighted by atomic mass is 19.1. The molecule has 1 aliphatic rings. The Labute approximate surface area is 198 Å². The molecule has 1 aromatic carbocycles. The van der Waals surface area contributed by atoms with Crippen molar-refractivity contribution >= 4 is 34.1 Å². The van der Waals surface area contributed by atoms with E-state index in [9.17, 15) is 9.18 Å². The number of amides is 1. The quantitative estimate of drug-likeness (QED) is 0.389. The Kier molecular flexibility index (Phi) is 7.12. The normalized spacial score (nSPS) is 18.1. The minimum Gasteiger partial charge on any atom is -0.477 e. The Morgan fingerprint density at radius 2 is 1.94 bits per heavy atom. The van der Waals surface area contributed by atoms with E-state index >= 15 is 0 Å². The lowest BCUT2D eigenvalue weighted by Crippen LogP contribution is -2.43. The number of nitrogens with zero attached hydrogens (tertiary/aromatic N) is 2. The molecule has 3 aromatic rings. The molecule has 6 N–H and O–H groups in total. The van der Waals surface area contributed by atoms with Crippen molar-refractivity contribution in [3.63, 3.8) is 0 Å². The standard InChI is InChI=1S/C25H31FN6O2/c1-14(2)13-34-22-10-7-15-11-16(8-9-20(15)30-22)29-24-17(23(28)33)12-18(26)25(32-24)31-21-6-4-3-5-19(21)27/h7-12,14,19,21H,3-6,13,27H2,1-2H3,(H2,28,33)(H2,29,31,32)/t19-,21+/m0/s1. The van der Waals surface area contributed by atoms with Gasteiger partial charge in [-0.2, -0.15) is 0 Å². The number of pyridine rings is 2. The summed E-state index contributed by atoms with van der Waals surface area (Å²) in [5.74, 6) is -0.234. The summed E-state index contributed by atoms with van der Waals surface area (Å²) >= 11 is 0. The molecule has 9 heteroatoms. The lowest BCUT2D eigenvalue weighted by atomic mass is 9.91. The molecule has 2 heterocycles. The zero-order valence-corrected chi connectivity index (χ0v) is 19.5.